The number of hydrogen-bond acceptors (Lipinski definition) is 2. The Hall–Kier alpha value is -2.29. The van der Waals surface area contributed by atoms with Crippen LogP contribution in [-0.2, 0) is 6.61 Å². The Morgan fingerprint density at radius 3 is 2.19 bits per heavy atom. The first-order valence-corrected chi connectivity index (χ1v) is 7.03. The van der Waals surface area contributed by atoms with E-state index in [1.807, 2.05) is 26.0 Å². The fraction of sp³-hybridized carbons (Fsp3) is 0.278. The van der Waals surface area contributed by atoms with Crippen LogP contribution in [0.5, 0.6) is 5.75 Å². The Labute approximate surface area is 126 Å². The average Bonchev–Trinajstić information content (AvgIpc) is 2.41. The summed E-state index contributed by atoms with van der Waals surface area (Å²) in [7, 11) is 0. The minimum atomic E-state index is 0.0854. The van der Waals surface area contributed by atoms with E-state index in [2.05, 4.69) is 32.0 Å². The fourth-order valence-electron chi connectivity index (χ4n) is 2.44. The zero-order valence-electron chi connectivity index (χ0n) is 13.1. The largest absolute Gasteiger partial charge is 0.488 e. The maximum atomic E-state index is 7.52. The highest BCUT2D eigenvalue weighted by molar-refractivity contribution is 5.95. The van der Waals surface area contributed by atoms with Crippen LogP contribution in [0.25, 0.3) is 0 Å². The van der Waals surface area contributed by atoms with E-state index < -0.39 is 0 Å². The van der Waals surface area contributed by atoms with Gasteiger partial charge in [-0.05, 0) is 62.1 Å². The molecule has 0 amide bonds. The normalized spacial score (nSPS) is 10.5. The Bertz CT molecular complexity index is 667. The van der Waals surface area contributed by atoms with Crippen LogP contribution < -0.4 is 10.5 Å². The van der Waals surface area contributed by atoms with Crippen molar-refractivity contribution in [1.29, 1.82) is 5.41 Å². The fourth-order valence-corrected chi connectivity index (χ4v) is 2.44. The highest BCUT2D eigenvalue weighted by Gasteiger charge is 2.09. The van der Waals surface area contributed by atoms with Crippen LogP contribution in [0, 0.1) is 33.1 Å². The molecule has 0 unspecified atom stereocenters. The van der Waals surface area contributed by atoms with Gasteiger partial charge in [-0.1, -0.05) is 23.8 Å². The monoisotopic (exact) mass is 282 g/mol. The van der Waals surface area contributed by atoms with Crippen LogP contribution in [0.15, 0.2) is 30.3 Å². The van der Waals surface area contributed by atoms with Crippen molar-refractivity contribution < 1.29 is 4.74 Å². The number of ether oxygens (including phenoxy) is 1. The van der Waals surface area contributed by atoms with Crippen molar-refractivity contribution in [3.8, 4) is 5.75 Å². The van der Waals surface area contributed by atoms with Gasteiger partial charge in [-0.25, -0.2) is 0 Å². The minimum Gasteiger partial charge on any atom is -0.488 e. The standard InChI is InChI=1S/C18H22N2O/c1-11-5-6-12(2)16(7-11)10-21-17-13(3)8-15(18(19)20)9-14(17)4/h5-9H,10H2,1-4H3,(H3,19,20). The lowest BCUT2D eigenvalue weighted by atomic mass is 10.0. The summed E-state index contributed by atoms with van der Waals surface area (Å²) in [5.74, 6) is 0.961. The summed E-state index contributed by atoms with van der Waals surface area (Å²) >= 11 is 0. The first-order valence-electron chi connectivity index (χ1n) is 7.03. The third kappa shape index (κ3) is 3.43. The van der Waals surface area contributed by atoms with Crippen LogP contribution in [0.3, 0.4) is 0 Å². The number of benzene rings is 2. The molecule has 3 N–H and O–H groups in total. The molecular weight excluding hydrogens is 260 g/mol. The van der Waals surface area contributed by atoms with Crippen LogP contribution in [-0.4, -0.2) is 5.84 Å². The molecule has 0 radical (unpaired) electrons. The summed E-state index contributed by atoms with van der Waals surface area (Å²) in [6.07, 6.45) is 0. The summed E-state index contributed by atoms with van der Waals surface area (Å²) in [6, 6.07) is 10.2. The van der Waals surface area contributed by atoms with Gasteiger partial charge >= 0.3 is 0 Å². The molecule has 0 atom stereocenters. The van der Waals surface area contributed by atoms with Crippen molar-refractivity contribution in [3.05, 3.63) is 63.7 Å². The Morgan fingerprint density at radius 1 is 1.00 bits per heavy atom. The molecule has 0 aliphatic rings. The van der Waals surface area contributed by atoms with Gasteiger partial charge in [0.15, 0.2) is 0 Å². The molecule has 0 bridgehead atoms. The van der Waals surface area contributed by atoms with E-state index in [1.54, 1.807) is 0 Å². The van der Waals surface area contributed by atoms with E-state index in [-0.39, 0.29) is 5.84 Å². The molecule has 0 aliphatic carbocycles. The highest BCUT2D eigenvalue weighted by Crippen LogP contribution is 2.26. The summed E-state index contributed by atoms with van der Waals surface area (Å²) in [6.45, 7) is 8.70. The van der Waals surface area contributed by atoms with Crippen LogP contribution in [0.1, 0.15) is 33.4 Å². The molecule has 0 aliphatic heterocycles. The van der Waals surface area contributed by atoms with Crippen molar-refractivity contribution in [2.75, 3.05) is 0 Å². The first-order chi connectivity index (χ1) is 9.88. The second kappa shape index (κ2) is 6.00. The van der Waals surface area contributed by atoms with E-state index in [4.69, 9.17) is 15.9 Å². The van der Waals surface area contributed by atoms with E-state index in [9.17, 15) is 0 Å². The molecule has 3 heteroatoms. The van der Waals surface area contributed by atoms with Crippen molar-refractivity contribution in [2.24, 2.45) is 5.73 Å². The Balaban J connectivity index is 2.24. The smallest absolute Gasteiger partial charge is 0.125 e. The van der Waals surface area contributed by atoms with Gasteiger partial charge < -0.3 is 10.5 Å². The molecule has 0 aromatic heterocycles. The molecule has 0 fully saturated rings. The van der Waals surface area contributed by atoms with E-state index in [1.165, 1.54) is 16.7 Å². The van der Waals surface area contributed by atoms with Crippen LogP contribution >= 0.6 is 0 Å². The lowest BCUT2D eigenvalue weighted by Crippen LogP contribution is -2.12. The number of nitrogens with two attached hydrogens (primary N) is 1. The van der Waals surface area contributed by atoms with E-state index in [0.717, 1.165) is 22.4 Å². The number of nitrogens with one attached hydrogen (secondary N) is 1. The van der Waals surface area contributed by atoms with Gasteiger partial charge in [0.05, 0.1) is 0 Å². The molecule has 2 aromatic rings. The second-order valence-electron chi connectivity index (χ2n) is 5.57. The van der Waals surface area contributed by atoms with Gasteiger partial charge in [0, 0.05) is 5.56 Å². The summed E-state index contributed by atoms with van der Waals surface area (Å²) < 4.78 is 6.01. The molecule has 0 saturated heterocycles. The van der Waals surface area contributed by atoms with Gasteiger partial charge in [-0.2, -0.15) is 0 Å². The SMILES string of the molecule is Cc1ccc(C)c(COc2c(C)cc(C(=N)N)cc2C)c1. The number of aryl methyl sites for hydroxylation is 4. The molecule has 2 rings (SSSR count). The number of nitrogen functional groups attached to an aromatic ring is 1. The molecule has 2 aromatic carbocycles. The first kappa shape index (κ1) is 15.1. The predicted molar refractivity (Wildman–Crippen MR) is 87.2 cm³/mol. The molecule has 3 nitrogen and oxygen atoms in total. The lowest BCUT2D eigenvalue weighted by molar-refractivity contribution is 0.301. The number of rotatable bonds is 4. The zero-order chi connectivity index (χ0) is 15.6. The third-order valence-electron chi connectivity index (χ3n) is 3.65. The molecule has 0 spiro atoms. The van der Waals surface area contributed by atoms with Gasteiger partial charge in [0.2, 0.25) is 0 Å². The Morgan fingerprint density at radius 2 is 1.62 bits per heavy atom. The zero-order valence-corrected chi connectivity index (χ0v) is 13.1. The molecule has 0 heterocycles. The van der Waals surface area contributed by atoms with E-state index >= 15 is 0 Å². The van der Waals surface area contributed by atoms with Crippen molar-refractivity contribution in [3.63, 3.8) is 0 Å². The van der Waals surface area contributed by atoms with Crippen LogP contribution in [0.4, 0.5) is 0 Å². The number of hydrogen-bond donors (Lipinski definition) is 2. The maximum absolute atomic E-state index is 7.52. The molecular formula is C18H22N2O. The second-order valence-corrected chi connectivity index (χ2v) is 5.57. The topological polar surface area (TPSA) is 59.1 Å². The van der Waals surface area contributed by atoms with Crippen molar-refractivity contribution in [2.45, 2.75) is 34.3 Å². The van der Waals surface area contributed by atoms with Crippen LogP contribution in [0.2, 0.25) is 0 Å². The quantitative estimate of drug-likeness (QED) is 0.662. The third-order valence-corrected chi connectivity index (χ3v) is 3.65. The van der Waals surface area contributed by atoms with Crippen molar-refractivity contribution in [1.82, 2.24) is 0 Å². The van der Waals surface area contributed by atoms with Gasteiger partial charge in [-0.3, -0.25) is 5.41 Å². The maximum Gasteiger partial charge on any atom is 0.125 e. The minimum absolute atomic E-state index is 0.0854. The molecule has 21 heavy (non-hydrogen) atoms. The predicted octanol–water partition coefficient (Wildman–Crippen LogP) is 3.78. The summed E-state index contributed by atoms with van der Waals surface area (Å²) in [4.78, 5) is 0. The van der Waals surface area contributed by atoms with Gasteiger partial charge in [0.25, 0.3) is 0 Å². The summed E-state index contributed by atoms with van der Waals surface area (Å²) in [5, 5.41) is 7.52. The van der Waals surface area contributed by atoms with Gasteiger partial charge in [0.1, 0.15) is 18.2 Å². The Kier molecular flexibility index (Phi) is 4.32. The molecule has 110 valence electrons. The van der Waals surface area contributed by atoms with Crippen molar-refractivity contribution >= 4 is 5.84 Å². The van der Waals surface area contributed by atoms with Gasteiger partial charge in [-0.15, -0.1) is 0 Å². The highest BCUT2D eigenvalue weighted by atomic mass is 16.5. The lowest BCUT2D eigenvalue weighted by Gasteiger charge is -2.15. The van der Waals surface area contributed by atoms with E-state index in [0.29, 0.717) is 6.61 Å². The summed E-state index contributed by atoms with van der Waals surface area (Å²) in [5.41, 5.74) is 12.0. The average molecular weight is 282 g/mol. The number of amidine groups is 1. The molecule has 0 saturated carbocycles.